The second-order valence-corrected chi connectivity index (χ2v) is 5.45. The molecule has 0 spiro atoms. The zero-order valence-corrected chi connectivity index (χ0v) is 12.2. The summed E-state index contributed by atoms with van der Waals surface area (Å²) in [6.07, 6.45) is 2.30. The molecule has 3 rings (SSSR count). The van der Waals surface area contributed by atoms with E-state index in [1.54, 1.807) is 0 Å². The first-order chi connectivity index (χ1) is 9.65. The van der Waals surface area contributed by atoms with Gasteiger partial charge in [0.05, 0.1) is 18.5 Å². The van der Waals surface area contributed by atoms with Crippen LogP contribution in [0.25, 0.3) is 0 Å². The summed E-state index contributed by atoms with van der Waals surface area (Å²) in [5.74, 6) is 0.581. The van der Waals surface area contributed by atoms with Crippen LogP contribution in [0.15, 0.2) is 22.8 Å². The number of aromatic amines is 1. The molecule has 1 aromatic carbocycles. The monoisotopic (exact) mass is 336 g/mol. The zero-order chi connectivity index (χ0) is 14.1. The van der Waals surface area contributed by atoms with Gasteiger partial charge in [-0.3, -0.25) is 9.89 Å². The van der Waals surface area contributed by atoms with Crippen LogP contribution in [0.3, 0.4) is 0 Å². The predicted octanol–water partition coefficient (Wildman–Crippen LogP) is 1.62. The number of hydrogen-bond donors (Lipinski definition) is 3. The van der Waals surface area contributed by atoms with E-state index in [-0.39, 0.29) is 11.6 Å². The molecule has 20 heavy (non-hydrogen) atoms. The van der Waals surface area contributed by atoms with Gasteiger partial charge in [-0.25, -0.2) is 0 Å². The van der Waals surface area contributed by atoms with Gasteiger partial charge in [-0.1, -0.05) is 15.9 Å². The number of H-pyrrole nitrogens is 1. The van der Waals surface area contributed by atoms with Crippen molar-refractivity contribution >= 4 is 27.5 Å². The van der Waals surface area contributed by atoms with Crippen molar-refractivity contribution in [2.45, 2.75) is 13.0 Å². The number of benzene rings is 1. The Labute approximate surface area is 123 Å². The number of aromatic nitrogens is 2. The van der Waals surface area contributed by atoms with Gasteiger partial charge >= 0.3 is 0 Å². The zero-order valence-electron chi connectivity index (χ0n) is 10.6. The third-order valence-electron chi connectivity index (χ3n) is 3.16. The molecule has 0 atom stereocenters. The molecule has 0 aliphatic carbocycles. The van der Waals surface area contributed by atoms with Gasteiger partial charge in [0.1, 0.15) is 11.4 Å². The van der Waals surface area contributed by atoms with Gasteiger partial charge in [0, 0.05) is 23.0 Å². The number of rotatable bonds is 3. The van der Waals surface area contributed by atoms with Crippen molar-refractivity contribution < 1.29 is 9.53 Å². The number of nitrogens with one attached hydrogen (secondary N) is 2. The van der Waals surface area contributed by atoms with Gasteiger partial charge in [0.15, 0.2) is 0 Å². The van der Waals surface area contributed by atoms with Crippen molar-refractivity contribution in [2.75, 3.05) is 12.3 Å². The van der Waals surface area contributed by atoms with Crippen molar-refractivity contribution in [1.29, 1.82) is 0 Å². The molecule has 0 saturated heterocycles. The molecule has 7 heteroatoms. The molecule has 1 aliphatic heterocycles. The van der Waals surface area contributed by atoms with E-state index >= 15 is 0 Å². The van der Waals surface area contributed by atoms with E-state index in [1.807, 2.05) is 12.1 Å². The number of anilines is 1. The Bertz CT molecular complexity index is 668. The maximum atomic E-state index is 12.0. The molecule has 0 unspecified atom stereocenters. The summed E-state index contributed by atoms with van der Waals surface area (Å²) in [6, 6.07) is 3.99. The van der Waals surface area contributed by atoms with E-state index in [1.165, 1.54) is 6.20 Å². The SMILES string of the molecule is Nc1cn[nH]c1C(=O)NCc1cc(Br)cc2c1OCC2. The molecule has 1 aromatic heterocycles. The van der Waals surface area contributed by atoms with E-state index in [0.717, 1.165) is 27.8 Å². The third-order valence-corrected chi connectivity index (χ3v) is 3.62. The number of nitrogens with two attached hydrogens (primary N) is 1. The molecular formula is C13H13BrN4O2. The number of nitrogen functional groups attached to an aromatic ring is 1. The fourth-order valence-corrected chi connectivity index (χ4v) is 2.77. The standard InChI is InChI=1S/C13H13BrN4O2/c14-9-3-7-1-2-20-12(7)8(4-9)5-16-13(19)11-10(15)6-17-18-11/h3-4,6H,1-2,5,15H2,(H,16,19)(H,17,18). The van der Waals surface area contributed by atoms with Crippen LogP contribution >= 0.6 is 15.9 Å². The molecule has 104 valence electrons. The van der Waals surface area contributed by atoms with E-state index in [2.05, 4.69) is 31.4 Å². The summed E-state index contributed by atoms with van der Waals surface area (Å²) >= 11 is 3.47. The number of halogens is 1. The molecule has 0 saturated carbocycles. The average Bonchev–Trinajstić information content (AvgIpc) is 3.03. The molecule has 1 aliphatic rings. The normalized spacial score (nSPS) is 12.8. The highest BCUT2D eigenvalue weighted by atomic mass is 79.9. The van der Waals surface area contributed by atoms with Crippen LogP contribution in [0.5, 0.6) is 5.75 Å². The van der Waals surface area contributed by atoms with E-state index in [4.69, 9.17) is 10.5 Å². The number of carbonyl (C=O) groups is 1. The number of fused-ring (bicyclic) bond motifs is 1. The van der Waals surface area contributed by atoms with Gasteiger partial charge in [-0.05, 0) is 17.7 Å². The number of hydrogen-bond acceptors (Lipinski definition) is 4. The van der Waals surface area contributed by atoms with Gasteiger partial charge < -0.3 is 15.8 Å². The lowest BCUT2D eigenvalue weighted by atomic mass is 10.1. The van der Waals surface area contributed by atoms with E-state index in [0.29, 0.717) is 18.8 Å². The molecule has 1 amide bonds. The highest BCUT2D eigenvalue weighted by molar-refractivity contribution is 9.10. The fraction of sp³-hybridized carbons (Fsp3) is 0.231. The molecule has 0 bridgehead atoms. The summed E-state index contributed by atoms with van der Waals surface area (Å²) in [5, 5.41) is 9.11. The maximum Gasteiger partial charge on any atom is 0.271 e. The smallest absolute Gasteiger partial charge is 0.271 e. The van der Waals surface area contributed by atoms with Crippen LogP contribution < -0.4 is 15.8 Å². The van der Waals surface area contributed by atoms with Gasteiger partial charge in [-0.15, -0.1) is 0 Å². The minimum atomic E-state index is -0.285. The lowest BCUT2D eigenvalue weighted by Gasteiger charge is -2.10. The Hall–Kier alpha value is -2.02. The minimum absolute atomic E-state index is 0.276. The summed E-state index contributed by atoms with van der Waals surface area (Å²) in [4.78, 5) is 12.0. The molecule has 4 N–H and O–H groups in total. The largest absolute Gasteiger partial charge is 0.493 e. The van der Waals surface area contributed by atoms with Crippen LogP contribution in [0.2, 0.25) is 0 Å². The molecule has 0 fully saturated rings. The Morgan fingerprint density at radius 3 is 3.15 bits per heavy atom. The van der Waals surface area contributed by atoms with Gasteiger partial charge in [-0.2, -0.15) is 5.10 Å². The Kier molecular flexibility index (Phi) is 3.35. The molecule has 2 aromatic rings. The third kappa shape index (κ3) is 2.36. The molecular weight excluding hydrogens is 324 g/mol. The van der Waals surface area contributed by atoms with Crippen molar-refractivity contribution in [2.24, 2.45) is 0 Å². The van der Waals surface area contributed by atoms with Gasteiger partial charge in [0.2, 0.25) is 0 Å². The molecule has 0 radical (unpaired) electrons. The van der Waals surface area contributed by atoms with Crippen LogP contribution in [-0.4, -0.2) is 22.7 Å². The Morgan fingerprint density at radius 1 is 1.55 bits per heavy atom. The first-order valence-corrected chi connectivity index (χ1v) is 6.95. The quantitative estimate of drug-likeness (QED) is 0.793. The minimum Gasteiger partial charge on any atom is -0.493 e. The van der Waals surface area contributed by atoms with Crippen LogP contribution in [0.1, 0.15) is 21.6 Å². The summed E-state index contributed by atoms with van der Waals surface area (Å²) in [6.45, 7) is 1.05. The lowest BCUT2D eigenvalue weighted by molar-refractivity contribution is 0.0946. The summed E-state index contributed by atoms with van der Waals surface area (Å²) in [5.41, 5.74) is 8.35. The van der Waals surface area contributed by atoms with Crippen molar-refractivity contribution in [3.8, 4) is 5.75 Å². The van der Waals surface area contributed by atoms with Crippen LogP contribution in [0.4, 0.5) is 5.69 Å². The second-order valence-electron chi connectivity index (χ2n) is 4.53. The van der Waals surface area contributed by atoms with Gasteiger partial charge in [0.25, 0.3) is 5.91 Å². The molecule has 6 nitrogen and oxygen atoms in total. The number of carbonyl (C=O) groups excluding carboxylic acids is 1. The van der Waals surface area contributed by atoms with Crippen LogP contribution in [-0.2, 0) is 13.0 Å². The Morgan fingerprint density at radius 2 is 2.40 bits per heavy atom. The molecule has 2 heterocycles. The highest BCUT2D eigenvalue weighted by Gasteiger charge is 2.18. The van der Waals surface area contributed by atoms with E-state index < -0.39 is 0 Å². The predicted molar refractivity (Wildman–Crippen MR) is 77.5 cm³/mol. The summed E-state index contributed by atoms with van der Waals surface area (Å²) < 4.78 is 6.59. The number of nitrogens with zero attached hydrogens (tertiary/aromatic N) is 1. The number of amides is 1. The average molecular weight is 337 g/mol. The first-order valence-electron chi connectivity index (χ1n) is 6.16. The fourth-order valence-electron chi connectivity index (χ4n) is 2.22. The van der Waals surface area contributed by atoms with Crippen molar-refractivity contribution in [3.05, 3.63) is 39.6 Å². The van der Waals surface area contributed by atoms with E-state index in [9.17, 15) is 4.79 Å². The summed E-state index contributed by atoms with van der Waals surface area (Å²) in [7, 11) is 0. The van der Waals surface area contributed by atoms with Crippen molar-refractivity contribution in [3.63, 3.8) is 0 Å². The van der Waals surface area contributed by atoms with Crippen LogP contribution in [0, 0.1) is 0 Å². The first kappa shape index (κ1) is 13.0. The number of ether oxygens (including phenoxy) is 1. The topological polar surface area (TPSA) is 93.0 Å². The lowest BCUT2D eigenvalue weighted by Crippen LogP contribution is -2.24. The Balaban J connectivity index is 1.76. The maximum absolute atomic E-state index is 12.0. The highest BCUT2D eigenvalue weighted by Crippen LogP contribution is 2.32. The second kappa shape index (κ2) is 5.16. The van der Waals surface area contributed by atoms with Crippen molar-refractivity contribution in [1.82, 2.24) is 15.5 Å².